The molecule has 0 rings (SSSR count). The van der Waals surface area contributed by atoms with Crippen molar-refractivity contribution < 1.29 is 14.6 Å². The molecule has 0 saturated heterocycles. The first-order valence-electron chi connectivity index (χ1n) is 5.19. The SMILES string of the molecule is CCNC(CCSC(C)CO)C(=O)OC. The minimum Gasteiger partial charge on any atom is -0.468 e. The maximum absolute atomic E-state index is 11.3. The average Bonchev–Trinajstić information content (AvgIpc) is 2.26. The van der Waals surface area contributed by atoms with Gasteiger partial charge in [0.05, 0.1) is 13.7 Å². The summed E-state index contributed by atoms with van der Waals surface area (Å²) in [6.45, 7) is 4.85. The molecule has 2 atom stereocenters. The van der Waals surface area contributed by atoms with E-state index in [1.54, 1.807) is 11.8 Å². The number of hydrogen-bond acceptors (Lipinski definition) is 5. The number of methoxy groups -OCH3 is 1. The molecule has 0 aliphatic rings. The molecule has 2 N–H and O–H groups in total. The lowest BCUT2D eigenvalue weighted by atomic mass is 10.2. The van der Waals surface area contributed by atoms with Gasteiger partial charge in [0, 0.05) is 5.25 Å². The normalized spacial score (nSPS) is 14.7. The molecule has 0 fully saturated rings. The van der Waals surface area contributed by atoms with Crippen molar-refractivity contribution in [2.24, 2.45) is 0 Å². The summed E-state index contributed by atoms with van der Waals surface area (Å²) in [6.07, 6.45) is 0.732. The number of rotatable bonds is 8. The Morgan fingerprint density at radius 3 is 2.73 bits per heavy atom. The Labute approximate surface area is 95.8 Å². The van der Waals surface area contributed by atoms with Crippen LogP contribution in [0.2, 0.25) is 0 Å². The maximum atomic E-state index is 11.3. The number of aliphatic hydroxyl groups excluding tert-OH is 1. The molecule has 5 heteroatoms. The second-order valence-electron chi connectivity index (χ2n) is 3.29. The van der Waals surface area contributed by atoms with Gasteiger partial charge in [-0.25, -0.2) is 0 Å². The fraction of sp³-hybridized carbons (Fsp3) is 0.900. The number of likely N-dealkylation sites (N-methyl/N-ethyl adjacent to an activating group) is 1. The molecule has 0 radical (unpaired) electrons. The van der Waals surface area contributed by atoms with Gasteiger partial charge in [-0.3, -0.25) is 4.79 Å². The van der Waals surface area contributed by atoms with Crippen LogP contribution in [0.5, 0.6) is 0 Å². The van der Waals surface area contributed by atoms with Crippen LogP contribution in [0, 0.1) is 0 Å². The summed E-state index contributed by atoms with van der Waals surface area (Å²) < 4.78 is 4.69. The number of hydrogen-bond donors (Lipinski definition) is 2. The molecule has 15 heavy (non-hydrogen) atoms. The first kappa shape index (κ1) is 14.7. The predicted octanol–water partition coefficient (Wildman–Crippen LogP) is 0.642. The smallest absolute Gasteiger partial charge is 0.322 e. The van der Waals surface area contributed by atoms with Gasteiger partial charge in [-0.1, -0.05) is 13.8 Å². The summed E-state index contributed by atoms with van der Waals surface area (Å²) >= 11 is 1.66. The molecule has 0 saturated carbocycles. The van der Waals surface area contributed by atoms with Crippen molar-refractivity contribution in [2.75, 3.05) is 26.0 Å². The van der Waals surface area contributed by atoms with Crippen LogP contribution in [0.15, 0.2) is 0 Å². The Balaban J connectivity index is 3.80. The van der Waals surface area contributed by atoms with E-state index in [1.807, 2.05) is 13.8 Å². The van der Waals surface area contributed by atoms with Crippen molar-refractivity contribution in [3.8, 4) is 0 Å². The van der Waals surface area contributed by atoms with Crippen LogP contribution in [0.25, 0.3) is 0 Å². The minimum atomic E-state index is -0.224. The van der Waals surface area contributed by atoms with Crippen molar-refractivity contribution >= 4 is 17.7 Å². The Hall–Kier alpha value is -0.260. The van der Waals surface area contributed by atoms with Crippen LogP contribution in [0.4, 0.5) is 0 Å². The van der Waals surface area contributed by atoms with Crippen LogP contribution in [0.1, 0.15) is 20.3 Å². The Morgan fingerprint density at radius 1 is 1.60 bits per heavy atom. The van der Waals surface area contributed by atoms with Gasteiger partial charge in [0.15, 0.2) is 0 Å². The molecule has 0 aromatic heterocycles. The van der Waals surface area contributed by atoms with Gasteiger partial charge in [0.1, 0.15) is 6.04 Å². The van der Waals surface area contributed by atoms with Crippen LogP contribution in [0.3, 0.4) is 0 Å². The van der Waals surface area contributed by atoms with Gasteiger partial charge in [-0.15, -0.1) is 0 Å². The van der Waals surface area contributed by atoms with E-state index in [0.717, 1.165) is 18.7 Å². The highest BCUT2D eigenvalue weighted by Crippen LogP contribution is 2.12. The summed E-state index contributed by atoms with van der Waals surface area (Å²) in [4.78, 5) is 11.3. The van der Waals surface area contributed by atoms with Crippen LogP contribution < -0.4 is 5.32 Å². The molecule has 0 spiro atoms. The number of carbonyl (C=O) groups is 1. The van der Waals surface area contributed by atoms with Crippen LogP contribution in [-0.4, -0.2) is 48.4 Å². The molecule has 0 aliphatic heterocycles. The van der Waals surface area contributed by atoms with Gasteiger partial charge in [-0.05, 0) is 18.7 Å². The second kappa shape index (κ2) is 9.00. The fourth-order valence-electron chi connectivity index (χ4n) is 1.13. The average molecular weight is 235 g/mol. The van der Waals surface area contributed by atoms with E-state index in [2.05, 4.69) is 10.1 Å². The highest BCUT2D eigenvalue weighted by molar-refractivity contribution is 7.99. The molecule has 4 nitrogen and oxygen atoms in total. The van der Waals surface area contributed by atoms with E-state index in [4.69, 9.17) is 5.11 Å². The molecule has 0 aromatic rings. The second-order valence-corrected chi connectivity index (χ2v) is 4.83. The third-order valence-electron chi connectivity index (χ3n) is 2.00. The van der Waals surface area contributed by atoms with Gasteiger partial charge in [0.25, 0.3) is 0 Å². The van der Waals surface area contributed by atoms with Crippen molar-refractivity contribution in [3.05, 3.63) is 0 Å². The number of aliphatic hydroxyl groups is 1. The topological polar surface area (TPSA) is 58.6 Å². The Morgan fingerprint density at radius 2 is 2.27 bits per heavy atom. The maximum Gasteiger partial charge on any atom is 0.322 e. The number of thioether (sulfide) groups is 1. The molecule has 0 bridgehead atoms. The number of esters is 1. The lowest BCUT2D eigenvalue weighted by molar-refractivity contribution is -0.143. The number of ether oxygens (including phenoxy) is 1. The molecule has 0 aromatic carbocycles. The number of nitrogens with one attached hydrogen (secondary N) is 1. The largest absolute Gasteiger partial charge is 0.468 e. The molecule has 0 aliphatic carbocycles. The van der Waals surface area contributed by atoms with E-state index in [0.29, 0.717) is 0 Å². The molecule has 2 unspecified atom stereocenters. The van der Waals surface area contributed by atoms with Crippen molar-refractivity contribution in [1.82, 2.24) is 5.32 Å². The summed E-state index contributed by atoms with van der Waals surface area (Å²) in [5, 5.41) is 12.1. The van der Waals surface area contributed by atoms with E-state index < -0.39 is 0 Å². The van der Waals surface area contributed by atoms with Gasteiger partial charge in [-0.2, -0.15) is 11.8 Å². The third-order valence-corrected chi connectivity index (χ3v) is 3.19. The van der Waals surface area contributed by atoms with Crippen molar-refractivity contribution in [2.45, 2.75) is 31.6 Å². The zero-order valence-electron chi connectivity index (χ0n) is 9.66. The highest BCUT2D eigenvalue weighted by Gasteiger charge is 2.17. The summed E-state index contributed by atoms with van der Waals surface area (Å²) in [5.74, 6) is 0.628. The zero-order valence-corrected chi connectivity index (χ0v) is 10.5. The van der Waals surface area contributed by atoms with Gasteiger partial charge in [0.2, 0.25) is 0 Å². The molecular formula is C10H21NO3S. The monoisotopic (exact) mass is 235 g/mol. The van der Waals surface area contributed by atoms with E-state index in [9.17, 15) is 4.79 Å². The summed E-state index contributed by atoms with van der Waals surface area (Å²) in [7, 11) is 1.40. The van der Waals surface area contributed by atoms with Crippen molar-refractivity contribution in [1.29, 1.82) is 0 Å². The molecular weight excluding hydrogens is 214 g/mol. The van der Waals surface area contributed by atoms with Gasteiger partial charge >= 0.3 is 5.97 Å². The molecule has 0 heterocycles. The number of carbonyl (C=O) groups excluding carboxylic acids is 1. The third kappa shape index (κ3) is 6.76. The van der Waals surface area contributed by atoms with Gasteiger partial charge < -0.3 is 15.2 Å². The van der Waals surface area contributed by atoms with E-state index in [1.165, 1.54) is 7.11 Å². The highest BCUT2D eigenvalue weighted by atomic mass is 32.2. The fourth-order valence-corrected chi connectivity index (χ4v) is 2.01. The van der Waals surface area contributed by atoms with E-state index in [-0.39, 0.29) is 23.9 Å². The standard InChI is InChI=1S/C10H21NO3S/c1-4-11-9(10(13)14-3)5-6-15-8(2)7-12/h8-9,11-12H,4-7H2,1-3H3. The molecule has 0 amide bonds. The Kier molecular flexibility index (Phi) is 8.85. The van der Waals surface area contributed by atoms with E-state index >= 15 is 0 Å². The summed E-state index contributed by atoms with van der Waals surface area (Å²) in [5.41, 5.74) is 0. The van der Waals surface area contributed by atoms with Crippen LogP contribution in [-0.2, 0) is 9.53 Å². The first-order chi connectivity index (χ1) is 7.15. The minimum absolute atomic E-state index is 0.175. The first-order valence-corrected chi connectivity index (χ1v) is 6.24. The predicted molar refractivity (Wildman–Crippen MR) is 63.1 cm³/mol. The Bertz CT molecular complexity index is 178. The lowest BCUT2D eigenvalue weighted by Crippen LogP contribution is -2.38. The quantitative estimate of drug-likeness (QED) is 0.605. The molecule has 90 valence electrons. The van der Waals surface area contributed by atoms with Crippen molar-refractivity contribution in [3.63, 3.8) is 0 Å². The zero-order chi connectivity index (χ0) is 11.7. The summed E-state index contributed by atoms with van der Waals surface area (Å²) in [6, 6.07) is -0.224. The lowest BCUT2D eigenvalue weighted by Gasteiger charge is -2.15. The van der Waals surface area contributed by atoms with Crippen LogP contribution >= 0.6 is 11.8 Å².